The van der Waals surface area contributed by atoms with Crippen molar-refractivity contribution in [3.05, 3.63) is 65.9 Å². The number of ether oxygens (including phenoxy) is 2. The zero-order valence-electron chi connectivity index (χ0n) is 15.0. The van der Waals surface area contributed by atoms with Crippen molar-refractivity contribution in [3.8, 4) is 5.75 Å². The normalized spacial score (nSPS) is 10.3. The average Bonchev–Trinajstić information content (AvgIpc) is 2.64. The molecule has 138 valence electrons. The van der Waals surface area contributed by atoms with E-state index in [0.717, 1.165) is 24.2 Å². The first-order valence-electron chi connectivity index (χ1n) is 8.49. The number of methoxy groups -OCH3 is 1. The highest BCUT2D eigenvalue weighted by atomic mass is 16.5. The van der Waals surface area contributed by atoms with E-state index in [0.29, 0.717) is 31.0 Å². The van der Waals surface area contributed by atoms with E-state index in [4.69, 9.17) is 15.2 Å². The van der Waals surface area contributed by atoms with Crippen LogP contribution in [0.25, 0.3) is 0 Å². The highest BCUT2D eigenvalue weighted by Crippen LogP contribution is 2.15. The number of pyridine rings is 1. The predicted octanol–water partition coefficient (Wildman–Crippen LogP) is 3.09. The van der Waals surface area contributed by atoms with Crippen molar-refractivity contribution in [1.29, 1.82) is 0 Å². The number of nitrogens with two attached hydrogens (primary N) is 1. The molecule has 2 aromatic rings. The van der Waals surface area contributed by atoms with Crippen molar-refractivity contribution in [2.24, 2.45) is 0 Å². The quantitative estimate of drug-likeness (QED) is 0.505. The third-order valence-corrected chi connectivity index (χ3v) is 3.69. The number of nitrogen functional groups attached to an aromatic ring is 1. The largest absolute Gasteiger partial charge is 0.494 e. The van der Waals surface area contributed by atoms with Crippen LogP contribution in [0.4, 0.5) is 5.82 Å². The molecule has 1 aromatic heterocycles. The Morgan fingerprint density at radius 1 is 1.35 bits per heavy atom. The Labute approximate surface area is 154 Å². The number of hydrogen-bond acceptors (Lipinski definition) is 5. The van der Waals surface area contributed by atoms with Crippen molar-refractivity contribution in [2.45, 2.75) is 26.0 Å². The lowest BCUT2D eigenvalue weighted by molar-refractivity contribution is 0.0951. The molecule has 0 fully saturated rings. The number of benzene rings is 1. The topological polar surface area (TPSA) is 86.5 Å². The van der Waals surface area contributed by atoms with E-state index < -0.39 is 0 Å². The molecule has 3 N–H and O–H groups in total. The molecule has 0 saturated carbocycles. The molecule has 0 unspecified atom stereocenters. The zero-order chi connectivity index (χ0) is 18.8. The second-order valence-corrected chi connectivity index (χ2v) is 5.78. The number of anilines is 1. The molecule has 1 heterocycles. The van der Waals surface area contributed by atoms with Crippen LogP contribution in [0.3, 0.4) is 0 Å². The van der Waals surface area contributed by atoms with Gasteiger partial charge in [0.25, 0.3) is 5.91 Å². The van der Waals surface area contributed by atoms with Crippen LogP contribution in [0, 0.1) is 0 Å². The number of aromatic nitrogens is 1. The number of unbranched alkanes of at least 4 members (excludes halogenated alkanes) is 1. The van der Waals surface area contributed by atoms with E-state index in [1.54, 1.807) is 19.2 Å². The highest BCUT2D eigenvalue weighted by molar-refractivity contribution is 5.98. The molecular formula is C20H25N3O3. The second-order valence-electron chi connectivity index (χ2n) is 5.78. The third-order valence-electron chi connectivity index (χ3n) is 3.69. The fourth-order valence-electron chi connectivity index (χ4n) is 2.38. The Morgan fingerprint density at radius 2 is 2.19 bits per heavy atom. The van der Waals surface area contributed by atoms with Crippen molar-refractivity contribution >= 4 is 11.7 Å². The highest BCUT2D eigenvalue weighted by Gasteiger charge is 2.11. The summed E-state index contributed by atoms with van der Waals surface area (Å²) in [5.41, 5.74) is 7.85. The fourth-order valence-corrected chi connectivity index (χ4v) is 2.38. The maximum atomic E-state index is 12.3. The predicted molar refractivity (Wildman–Crippen MR) is 102 cm³/mol. The van der Waals surface area contributed by atoms with Gasteiger partial charge in [-0.3, -0.25) is 4.79 Å². The van der Waals surface area contributed by atoms with Crippen molar-refractivity contribution in [1.82, 2.24) is 10.3 Å². The van der Waals surface area contributed by atoms with Crippen LogP contribution < -0.4 is 15.8 Å². The first kappa shape index (κ1) is 19.5. The van der Waals surface area contributed by atoms with Gasteiger partial charge in [-0.2, -0.15) is 0 Å². The molecule has 0 spiro atoms. The number of nitrogens with one attached hydrogen (secondary N) is 1. The maximum absolute atomic E-state index is 12.3. The maximum Gasteiger partial charge on any atom is 0.255 e. The number of allylic oxidation sites excluding steroid dienone is 1. The molecule has 2 rings (SSSR count). The van der Waals surface area contributed by atoms with E-state index in [1.807, 2.05) is 30.3 Å². The minimum absolute atomic E-state index is 0.191. The van der Waals surface area contributed by atoms with Crippen LogP contribution in [0.2, 0.25) is 0 Å². The monoisotopic (exact) mass is 355 g/mol. The first-order valence-corrected chi connectivity index (χ1v) is 8.49. The number of rotatable bonds is 10. The lowest BCUT2D eigenvalue weighted by atomic mass is 10.2. The summed E-state index contributed by atoms with van der Waals surface area (Å²) in [5, 5.41) is 2.85. The van der Waals surface area contributed by atoms with Gasteiger partial charge in [-0.15, -0.1) is 6.58 Å². The summed E-state index contributed by atoms with van der Waals surface area (Å²) in [6.45, 7) is 5.06. The Morgan fingerprint density at radius 3 is 2.92 bits per heavy atom. The Balaban J connectivity index is 1.91. The number of carbonyl (C=O) groups excluding carboxylic acids is 1. The third kappa shape index (κ3) is 5.89. The molecule has 6 nitrogen and oxygen atoms in total. The molecule has 1 amide bonds. The van der Waals surface area contributed by atoms with E-state index in [2.05, 4.69) is 16.9 Å². The van der Waals surface area contributed by atoms with Gasteiger partial charge in [0.15, 0.2) is 0 Å². The van der Waals surface area contributed by atoms with Gasteiger partial charge in [0.1, 0.15) is 11.6 Å². The van der Waals surface area contributed by atoms with Crippen molar-refractivity contribution in [2.75, 3.05) is 19.5 Å². The molecule has 0 atom stereocenters. The summed E-state index contributed by atoms with van der Waals surface area (Å²) < 4.78 is 10.7. The van der Waals surface area contributed by atoms with Gasteiger partial charge in [-0.05, 0) is 42.7 Å². The van der Waals surface area contributed by atoms with E-state index >= 15 is 0 Å². The van der Waals surface area contributed by atoms with Crippen molar-refractivity contribution < 1.29 is 14.3 Å². The Hall–Kier alpha value is -2.86. The number of amides is 1. The van der Waals surface area contributed by atoms with Crippen LogP contribution in [0.5, 0.6) is 5.75 Å². The average molecular weight is 355 g/mol. The summed E-state index contributed by atoms with van der Waals surface area (Å²) in [4.78, 5) is 16.5. The van der Waals surface area contributed by atoms with Crippen molar-refractivity contribution in [3.63, 3.8) is 0 Å². The van der Waals surface area contributed by atoms with E-state index in [9.17, 15) is 4.79 Å². The van der Waals surface area contributed by atoms with Gasteiger partial charge in [-0.1, -0.05) is 18.2 Å². The summed E-state index contributed by atoms with van der Waals surface area (Å²) in [6.07, 6.45) is 3.72. The van der Waals surface area contributed by atoms with Crippen LogP contribution >= 0.6 is 0 Å². The van der Waals surface area contributed by atoms with E-state index in [1.165, 1.54) is 0 Å². The number of hydrogen-bond donors (Lipinski definition) is 2. The SMILES string of the molecule is C=CCCCOc1cccc(CNC(=O)c2ccc(COC)nc2N)c1. The molecular weight excluding hydrogens is 330 g/mol. The molecule has 1 aromatic carbocycles. The van der Waals surface area contributed by atoms with E-state index in [-0.39, 0.29) is 11.7 Å². The Bertz CT molecular complexity index is 747. The van der Waals surface area contributed by atoms with Gasteiger partial charge in [0, 0.05) is 13.7 Å². The van der Waals surface area contributed by atoms with Crippen LogP contribution in [0.15, 0.2) is 49.1 Å². The lowest BCUT2D eigenvalue weighted by Gasteiger charge is -2.10. The molecule has 6 heteroatoms. The minimum Gasteiger partial charge on any atom is -0.494 e. The van der Waals surface area contributed by atoms with Gasteiger partial charge in [0.05, 0.1) is 24.5 Å². The molecule has 0 aliphatic heterocycles. The Kier molecular flexibility index (Phi) is 7.64. The van der Waals surface area contributed by atoms with Crippen LogP contribution in [0.1, 0.15) is 34.5 Å². The second kappa shape index (κ2) is 10.2. The van der Waals surface area contributed by atoms with Gasteiger partial charge in [0.2, 0.25) is 0 Å². The summed E-state index contributed by atoms with van der Waals surface area (Å²) >= 11 is 0. The summed E-state index contributed by atoms with van der Waals surface area (Å²) in [6, 6.07) is 11.0. The van der Waals surface area contributed by atoms with Crippen LogP contribution in [-0.4, -0.2) is 24.6 Å². The van der Waals surface area contributed by atoms with Gasteiger partial charge in [-0.25, -0.2) is 4.98 Å². The molecule has 0 aliphatic carbocycles. The smallest absolute Gasteiger partial charge is 0.255 e. The fraction of sp³-hybridized carbons (Fsp3) is 0.300. The summed E-state index contributed by atoms with van der Waals surface area (Å²) in [7, 11) is 1.58. The van der Waals surface area contributed by atoms with Gasteiger partial charge < -0.3 is 20.5 Å². The number of carbonyl (C=O) groups is 1. The standard InChI is InChI=1S/C20H25N3O3/c1-3-4-5-11-26-17-8-6-7-15(12-17)13-22-20(24)18-10-9-16(14-25-2)23-19(18)21/h3,6-10,12H,1,4-5,11,13-14H2,2H3,(H2,21,23)(H,22,24). The lowest BCUT2D eigenvalue weighted by Crippen LogP contribution is -2.24. The zero-order valence-corrected chi connectivity index (χ0v) is 15.0. The molecule has 0 aliphatic rings. The first-order chi connectivity index (χ1) is 12.6. The minimum atomic E-state index is -0.267. The molecule has 0 bridgehead atoms. The number of nitrogens with zero attached hydrogens (tertiary/aromatic N) is 1. The molecule has 0 saturated heterocycles. The molecule has 26 heavy (non-hydrogen) atoms. The molecule has 0 radical (unpaired) electrons. The summed E-state index contributed by atoms with van der Waals surface area (Å²) in [5.74, 6) is 0.707. The van der Waals surface area contributed by atoms with Gasteiger partial charge >= 0.3 is 0 Å². The van der Waals surface area contributed by atoms with Crippen LogP contribution in [-0.2, 0) is 17.9 Å².